The van der Waals surface area contributed by atoms with Crippen LogP contribution in [0.1, 0.15) is 40.0 Å². The fraction of sp³-hybridized carbons (Fsp3) is 0.846. The van der Waals surface area contributed by atoms with E-state index in [1.807, 2.05) is 4.90 Å². The number of hydrogen-bond acceptors (Lipinski definition) is 3. The molecule has 0 aromatic rings. The SMILES string of the molecule is CCCCN(C(=O)C1CNC(=O)CN1)C(C)CC. The third-order valence-electron chi connectivity index (χ3n) is 3.47. The Kier molecular flexibility index (Phi) is 6.12. The molecule has 0 spiro atoms. The molecule has 1 heterocycles. The number of rotatable bonds is 6. The van der Waals surface area contributed by atoms with Gasteiger partial charge in [-0.2, -0.15) is 0 Å². The van der Waals surface area contributed by atoms with Crippen molar-refractivity contribution < 1.29 is 9.59 Å². The second-order valence-electron chi connectivity index (χ2n) is 4.88. The van der Waals surface area contributed by atoms with Gasteiger partial charge in [-0.15, -0.1) is 0 Å². The summed E-state index contributed by atoms with van der Waals surface area (Å²) in [6.45, 7) is 7.73. The van der Waals surface area contributed by atoms with Crippen molar-refractivity contribution in [2.24, 2.45) is 0 Å². The number of unbranched alkanes of at least 4 members (excludes halogenated alkanes) is 1. The molecule has 1 aliphatic heterocycles. The van der Waals surface area contributed by atoms with E-state index in [1.54, 1.807) is 0 Å². The molecule has 0 bridgehead atoms. The summed E-state index contributed by atoms with van der Waals surface area (Å²) in [4.78, 5) is 25.4. The molecule has 1 aliphatic rings. The molecule has 2 unspecified atom stereocenters. The number of nitrogens with zero attached hydrogens (tertiary/aromatic N) is 1. The first-order chi connectivity index (χ1) is 8.60. The Morgan fingerprint density at radius 1 is 1.50 bits per heavy atom. The lowest BCUT2D eigenvalue weighted by Gasteiger charge is -2.34. The van der Waals surface area contributed by atoms with Gasteiger partial charge in [-0.05, 0) is 19.8 Å². The summed E-state index contributed by atoms with van der Waals surface area (Å²) in [5.74, 6) is 0.0699. The van der Waals surface area contributed by atoms with Gasteiger partial charge in [0.25, 0.3) is 0 Å². The van der Waals surface area contributed by atoms with E-state index in [0.717, 1.165) is 25.8 Å². The maximum absolute atomic E-state index is 12.4. The van der Waals surface area contributed by atoms with Gasteiger partial charge in [0.1, 0.15) is 6.04 Å². The quantitative estimate of drug-likeness (QED) is 0.726. The van der Waals surface area contributed by atoms with Crippen LogP contribution < -0.4 is 10.6 Å². The third-order valence-corrected chi connectivity index (χ3v) is 3.47. The van der Waals surface area contributed by atoms with Crippen LogP contribution in [-0.4, -0.2) is 48.4 Å². The summed E-state index contributed by atoms with van der Waals surface area (Å²) in [7, 11) is 0. The Balaban J connectivity index is 2.60. The van der Waals surface area contributed by atoms with Crippen LogP contribution in [0.15, 0.2) is 0 Å². The van der Waals surface area contributed by atoms with E-state index < -0.39 is 0 Å². The highest BCUT2D eigenvalue weighted by molar-refractivity contribution is 5.87. The summed E-state index contributed by atoms with van der Waals surface area (Å²) >= 11 is 0. The number of nitrogens with one attached hydrogen (secondary N) is 2. The first kappa shape index (κ1) is 15.0. The Bertz CT molecular complexity index is 284. The highest BCUT2D eigenvalue weighted by atomic mass is 16.2. The van der Waals surface area contributed by atoms with Gasteiger partial charge in [-0.25, -0.2) is 0 Å². The molecule has 1 rings (SSSR count). The van der Waals surface area contributed by atoms with Crippen LogP contribution in [0.3, 0.4) is 0 Å². The van der Waals surface area contributed by atoms with E-state index in [-0.39, 0.29) is 30.4 Å². The van der Waals surface area contributed by atoms with Crippen LogP contribution in [0.5, 0.6) is 0 Å². The largest absolute Gasteiger partial charge is 0.353 e. The minimum Gasteiger partial charge on any atom is -0.353 e. The Hall–Kier alpha value is -1.10. The number of carbonyl (C=O) groups excluding carboxylic acids is 2. The fourth-order valence-electron chi connectivity index (χ4n) is 2.04. The molecule has 0 aromatic carbocycles. The zero-order valence-electron chi connectivity index (χ0n) is 11.7. The minimum atomic E-state index is -0.270. The molecule has 1 saturated heterocycles. The van der Waals surface area contributed by atoms with Crippen molar-refractivity contribution in [1.29, 1.82) is 0 Å². The number of carbonyl (C=O) groups is 2. The average molecular weight is 255 g/mol. The van der Waals surface area contributed by atoms with E-state index >= 15 is 0 Å². The van der Waals surface area contributed by atoms with E-state index in [1.165, 1.54) is 0 Å². The van der Waals surface area contributed by atoms with Crippen molar-refractivity contribution in [1.82, 2.24) is 15.5 Å². The molecular weight excluding hydrogens is 230 g/mol. The van der Waals surface area contributed by atoms with Gasteiger partial charge in [0.15, 0.2) is 0 Å². The Morgan fingerprint density at radius 2 is 2.22 bits per heavy atom. The van der Waals surface area contributed by atoms with E-state index in [4.69, 9.17) is 0 Å². The molecule has 0 saturated carbocycles. The molecule has 0 radical (unpaired) electrons. The molecule has 0 aromatic heterocycles. The number of hydrogen-bond donors (Lipinski definition) is 2. The van der Waals surface area contributed by atoms with Crippen molar-refractivity contribution in [2.45, 2.75) is 52.1 Å². The zero-order chi connectivity index (χ0) is 13.5. The number of piperazine rings is 1. The topological polar surface area (TPSA) is 61.4 Å². The first-order valence-electron chi connectivity index (χ1n) is 6.90. The van der Waals surface area contributed by atoms with Gasteiger partial charge in [-0.1, -0.05) is 20.3 Å². The van der Waals surface area contributed by atoms with Crippen molar-refractivity contribution in [3.63, 3.8) is 0 Å². The zero-order valence-corrected chi connectivity index (χ0v) is 11.7. The standard InChI is InChI=1S/C13H25N3O2/c1-4-6-7-16(10(3)5-2)13(18)11-8-15-12(17)9-14-11/h10-11,14H,4-9H2,1-3H3,(H,15,17). The average Bonchev–Trinajstić information content (AvgIpc) is 2.39. The third kappa shape index (κ3) is 3.98. The molecule has 18 heavy (non-hydrogen) atoms. The van der Waals surface area contributed by atoms with Gasteiger partial charge in [-0.3, -0.25) is 14.9 Å². The van der Waals surface area contributed by atoms with Crippen molar-refractivity contribution in [3.8, 4) is 0 Å². The lowest BCUT2D eigenvalue weighted by atomic mass is 10.1. The normalized spacial score (nSPS) is 21.3. The van der Waals surface area contributed by atoms with Crippen molar-refractivity contribution in [2.75, 3.05) is 19.6 Å². The molecule has 5 heteroatoms. The van der Waals surface area contributed by atoms with Gasteiger partial charge in [0.05, 0.1) is 6.54 Å². The van der Waals surface area contributed by atoms with Gasteiger partial charge in [0, 0.05) is 19.1 Å². The van der Waals surface area contributed by atoms with Crippen LogP contribution in [0, 0.1) is 0 Å². The molecule has 1 fully saturated rings. The summed E-state index contributed by atoms with van der Waals surface area (Å²) in [5, 5.41) is 5.73. The van der Waals surface area contributed by atoms with Crippen LogP contribution >= 0.6 is 0 Å². The highest BCUT2D eigenvalue weighted by Gasteiger charge is 2.29. The predicted molar refractivity (Wildman–Crippen MR) is 71.2 cm³/mol. The maximum atomic E-state index is 12.4. The lowest BCUT2D eigenvalue weighted by Crippen LogP contribution is -2.59. The summed E-state index contributed by atoms with van der Waals surface area (Å²) in [6.07, 6.45) is 3.05. The fourth-order valence-corrected chi connectivity index (χ4v) is 2.04. The van der Waals surface area contributed by atoms with Crippen molar-refractivity contribution >= 4 is 11.8 Å². The second kappa shape index (κ2) is 7.36. The molecule has 0 aliphatic carbocycles. The van der Waals surface area contributed by atoms with Crippen LogP contribution in [0.25, 0.3) is 0 Å². The Labute approximate surface area is 109 Å². The summed E-state index contributed by atoms with van der Waals surface area (Å²) in [5.41, 5.74) is 0. The molecular formula is C13H25N3O2. The van der Waals surface area contributed by atoms with Gasteiger partial charge >= 0.3 is 0 Å². The minimum absolute atomic E-state index is 0.0392. The maximum Gasteiger partial charge on any atom is 0.241 e. The molecule has 5 nitrogen and oxygen atoms in total. The molecule has 2 N–H and O–H groups in total. The monoisotopic (exact) mass is 255 g/mol. The first-order valence-corrected chi connectivity index (χ1v) is 6.90. The number of amides is 2. The smallest absolute Gasteiger partial charge is 0.241 e. The van der Waals surface area contributed by atoms with Crippen LogP contribution in [0.4, 0.5) is 0 Å². The predicted octanol–water partition coefficient (Wildman–Crippen LogP) is 0.502. The highest BCUT2D eigenvalue weighted by Crippen LogP contribution is 2.09. The second-order valence-corrected chi connectivity index (χ2v) is 4.88. The lowest BCUT2D eigenvalue weighted by molar-refractivity contribution is -0.136. The molecule has 2 amide bonds. The summed E-state index contributed by atoms with van der Waals surface area (Å²) in [6, 6.07) is -0.0166. The molecule has 104 valence electrons. The van der Waals surface area contributed by atoms with E-state index in [9.17, 15) is 9.59 Å². The van der Waals surface area contributed by atoms with Gasteiger partial charge < -0.3 is 10.2 Å². The summed E-state index contributed by atoms with van der Waals surface area (Å²) < 4.78 is 0. The van der Waals surface area contributed by atoms with E-state index in [2.05, 4.69) is 31.4 Å². The van der Waals surface area contributed by atoms with E-state index in [0.29, 0.717) is 6.54 Å². The van der Waals surface area contributed by atoms with Crippen molar-refractivity contribution in [3.05, 3.63) is 0 Å². The van der Waals surface area contributed by atoms with Crippen LogP contribution in [-0.2, 0) is 9.59 Å². The van der Waals surface area contributed by atoms with Crippen LogP contribution in [0.2, 0.25) is 0 Å². The molecule has 2 atom stereocenters. The van der Waals surface area contributed by atoms with Gasteiger partial charge in [0.2, 0.25) is 11.8 Å². The Morgan fingerprint density at radius 3 is 2.72 bits per heavy atom.